The number of hydrogen-bond acceptors (Lipinski definition) is 4. The third-order valence-electron chi connectivity index (χ3n) is 1.32. The molecule has 0 aliphatic carbocycles. The molecule has 0 fully saturated rings. The molecule has 0 radical (unpaired) electrons. The molecule has 0 aromatic heterocycles. The van der Waals surface area contributed by atoms with Crippen LogP contribution in [0.1, 0.15) is 10.4 Å². The molecule has 0 saturated heterocycles. The third kappa shape index (κ3) is 3.41. The van der Waals surface area contributed by atoms with E-state index in [1.54, 1.807) is 0 Å². The molecular weight excluding hydrogens is 295 g/mol. The molecule has 0 aliphatic rings. The molecule has 1 aromatic rings. The predicted molar refractivity (Wildman–Crippen MR) is 37.4 cm³/mol. The topological polar surface area (TPSA) is 83.3 Å². The van der Waals surface area contributed by atoms with Crippen molar-refractivity contribution in [2.24, 2.45) is 0 Å². The van der Waals surface area contributed by atoms with Crippen LogP contribution in [0.4, 0.5) is 5.69 Å². The van der Waals surface area contributed by atoms with Crippen LogP contribution in [0.3, 0.4) is 0 Å². The van der Waals surface area contributed by atoms with Crippen LogP contribution < -0.4 is 74.0 Å². The molecule has 62 valence electrons. The molecule has 13 heavy (non-hydrogen) atoms. The number of nitro groups is 1. The van der Waals surface area contributed by atoms with Crippen LogP contribution in [-0.2, 0) is 0 Å². The second-order valence-corrected chi connectivity index (χ2v) is 2.06. The number of hydrogen-bond donors (Lipinski definition) is 0. The first-order chi connectivity index (χ1) is 5.63. The van der Waals surface area contributed by atoms with E-state index in [2.05, 4.69) is 0 Å². The van der Waals surface area contributed by atoms with Crippen molar-refractivity contribution in [1.29, 1.82) is 0 Å². The Morgan fingerprint density at radius 2 is 1.85 bits per heavy atom. The quantitative estimate of drug-likeness (QED) is 0.429. The maximum Gasteiger partial charge on any atom is 1.00 e. The summed E-state index contributed by atoms with van der Waals surface area (Å²) >= 11 is 0. The predicted octanol–water partition coefficient (Wildman–Crippen LogP) is -3.04. The van der Waals surface area contributed by atoms with Gasteiger partial charge in [-0.15, -0.1) is 0 Å². The van der Waals surface area contributed by atoms with E-state index < -0.39 is 22.1 Å². The number of carbonyl (C=O) groups excluding carboxylic acids is 1. The van der Waals surface area contributed by atoms with Crippen molar-refractivity contribution < 1.29 is 83.7 Å². The van der Waals surface area contributed by atoms with E-state index in [1.807, 2.05) is 0 Å². The molecular formula is C7H4CsNO4. The fourth-order valence-corrected chi connectivity index (χ4v) is 0.805. The number of aromatic carboxylic acids is 1. The summed E-state index contributed by atoms with van der Waals surface area (Å²) in [5.74, 6) is -1.54. The first-order valence-electron chi connectivity index (χ1n) is 3.07. The number of benzene rings is 1. The van der Waals surface area contributed by atoms with Gasteiger partial charge in [-0.1, -0.05) is 12.1 Å². The Labute approximate surface area is 133 Å². The van der Waals surface area contributed by atoms with Gasteiger partial charge in [-0.3, -0.25) is 10.1 Å². The Morgan fingerprint density at radius 1 is 1.31 bits per heavy atom. The van der Waals surface area contributed by atoms with Crippen molar-refractivity contribution in [1.82, 2.24) is 0 Å². The first kappa shape index (κ1) is 13.1. The molecule has 0 unspecified atom stereocenters. The Hall–Kier alpha value is 0.142. The standard InChI is InChI=1S/C7H5NO4.Cs/c9-7(10)5-3-1-2-4-6(5)8(11)12;/h1-4H,(H,9,10);/q;+1/p-1. The summed E-state index contributed by atoms with van der Waals surface area (Å²) in [7, 11) is 0. The van der Waals surface area contributed by atoms with Gasteiger partial charge >= 0.3 is 68.9 Å². The van der Waals surface area contributed by atoms with Gasteiger partial charge in [-0.25, -0.2) is 0 Å². The molecule has 0 N–H and O–H groups in total. The van der Waals surface area contributed by atoms with Gasteiger partial charge in [0.2, 0.25) is 0 Å². The van der Waals surface area contributed by atoms with Crippen molar-refractivity contribution in [3.8, 4) is 0 Å². The van der Waals surface area contributed by atoms with E-state index in [1.165, 1.54) is 12.1 Å². The Bertz CT molecular complexity index is 306. The molecule has 0 bridgehead atoms. The van der Waals surface area contributed by atoms with Gasteiger partial charge < -0.3 is 9.90 Å². The molecule has 5 nitrogen and oxygen atoms in total. The van der Waals surface area contributed by atoms with Crippen LogP contribution in [0.25, 0.3) is 0 Å². The van der Waals surface area contributed by atoms with Gasteiger partial charge in [-0.05, 0) is 6.07 Å². The number of nitrogens with zero attached hydrogens (tertiary/aromatic N) is 1. The van der Waals surface area contributed by atoms with Crippen LogP contribution in [0.15, 0.2) is 24.3 Å². The molecule has 0 saturated carbocycles. The summed E-state index contributed by atoms with van der Waals surface area (Å²) in [5.41, 5.74) is -0.847. The van der Waals surface area contributed by atoms with Gasteiger partial charge in [0.25, 0.3) is 5.69 Å². The minimum absolute atomic E-state index is 0. The second-order valence-electron chi connectivity index (χ2n) is 2.06. The molecule has 6 heteroatoms. The summed E-state index contributed by atoms with van der Waals surface area (Å²) in [6, 6.07) is 5.04. The number of rotatable bonds is 2. The van der Waals surface area contributed by atoms with Crippen LogP contribution in [0, 0.1) is 10.1 Å². The summed E-state index contributed by atoms with van der Waals surface area (Å²) in [4.78, 5) is 19.8. The normalized spacial score (nSPS) is 8.62. The largest absolute Gasteiger partial charge is 1.00 e. The van der Waals surface area contributed by atoms with Gasteiger partial charge in [-0.2, -0.15) is 0 Å². The number of carboxylic acids is 1. The van der Waals surface area contributed by atoms with Gasteiger partial charge in [0.05, 0.1) is 16.5 Å². The van der Waals surface area contributed by atoms with Gasteiger partial charge in [0.1, 0.15) is 0 Å². The maximum absolute atomic E-state index is 10.3. The van der Waals surface area contributed by atoms with E-state index in [4.69, 9.17) is 0 Å². The second kappa shape index (κ2) is 5.78. The Morgan fingerprint density at radius 3 is 2.23 bits per heavy atom. The summed E-state index contributed by atoms with van der Waals surface area (Å²) in [6.07, 6.45) is 0. The van der Waals surface area contributed by atoms with E-state index in [9.17, 15) is 20.0 Å². The molecule has 1 aromatic carbocycles. The zero-order chi connectivity index (χ0) is 9.14. The monoisotopic (exact) mass is 299 g/mol. The van der Waals surface area contributed by atoms with E-state index in [0.717, 1.165) is 12.1 Å². The zero-order valence-corrected chi connectivity index (χ0v) is 13.2. The van der Waals surface area contributed by atoms with Crippen molar-refractivity contribution >= 4 is 11.7 Å². The van der Waals surface area contributed by atoms with Crippen molar-refractivity contribution in [2.75, 3.05) is 0 Å². The number of carbonyl (C=O) groups is 1. The van der Waals surface area contributed by atoms with Gasteiger partial charge in [0.15, 0.2) is 0 Å². The molecule has 0 heterocycles. The average Bonchev–Trinajstić information content (AvgIpc) is 2.04. The molecule has 0 spiro atoms. The van der Waals surface area contributed by atoms with Gasteiger partial charge in [0, 0.05) is 6.07 Å². The smallest absolute Gasteiger partial charge is 0.545 e. The van der Waals surface area contributed by atoms with E-state index >= 15 is 0 Å². The van der Waals surface area contributed by atoms with Crippen LogP contribution in [0.2, 0.25) is 0 Å². The first-order valence-corrected chi connectivity index (χ1v) is 3.07. The average molecular weight is 299 g/mol. The summed E-state index contributed by atoms with van der Waals surface area (Å²) < 4.78 is 0. The third-order valence-corrected chi connectivity index (χ3v) is 1.32. The molecule has 0 atom stereocenters. The van der Waals surface area contributed by atoms with Crippen molar-refractivity contribution in [3.63, 3.8) is 0 Å². The summed E-state index contributed by atoms with van der Waals surface area (Å²) in [6.45, 7) is 0. The molecule has 0 amide bonds. The minimum atomic E-state index is -1.54. The van der Waals surface area contributed by atoms with E-state index in [-0.39, 0.29) is 68.9 Å². The SMILES string of the molecule is O=C([O-])c1ccccc1[N+](=O)[O-].[Cs+]. The van der Waals surface area contributed by atoms with Crippen LogP contribution in [0.5, 0.6) is 0 Å². The fourth-order valence-electron chi connectivity index (χ4n) is 0.805. The Balaban J connectivity index is 0.00000144. The zero-order valence-electron chi connectivity index (χ0n) is 6.89. The Kier molecular flexibility index (Phi) is 5.85. The molecule has 1 rings (SSSR count). The number of nitro benzene ring substituents is 1. The number of para-hydroxylation sites is 1. The van der Waals surface area contributed by atoms with Crippen LogP contribution in [-0.4, -0.2) is 10.9 Å². The summed E-state index contributed by atoms with van der Waals surface area (Å²) in [5, 5.41) is 20.6. The maximum atomic E-state index is 10.3. The number of carboxylic acid groups (broad SMARTS) is 1. The molecule has 0 aliphatic heterocycles. The fraction of sp³-hybridized carbons (Fsp3) is 0. The van der Waals surface area contributed by atoms with E-state index in [0.29, 0.717) is 0 Å². The van der Waals surface area contributed by atoms with Crippen molar-refractivity contribution in [2.45, 2.75) is 0 Å². The minimum Gasteiger partial charge on any atom is -0.545 e. The van der Waals surface area contributed by atoms with Crippen molar-refractivity contribution in [3.05, 3.63) is 39.9 Å². The van der Waals surface area contributed by atoms with Crippen LogP contribution >= 0.6 is 0 Å².